The normalized spacial score (nSPS) is 17.0. The number of sulfonamides is 1. The highest BCUT2D eigenvalue weighted by Gasteiger charge is 2.33. The molecule has 1 fully saturated rings. The Morgan fingerprint density at radius 2 is 1.76 bits per heavy atom. The Morgan fingerprint density at radius 3 is 2.50 bits per heavy atom. The summed E-state index contributed by atoms with van der Waals surface area (Å²) in [6, 6.07) is 11.2. The highest BCUT2D eigenvalue weighted by Crippen LogP contribution is 2.34. The van der Waals surface area contributed by atoms with Gasteiger partial charge >= 0.3 is 5.97 Å². The molecule has 10 heteroatoms. The van der Waals surface area contributed by atoms with E-state index >= 15 is 0 Å². The Labute approximate surface area is 198 Å². The molecule has 0 atom stereocenters. The van der Waals surface area contributed by atoms with Crippen LogP contribution in [0.4, 0.5) is 0 Å². The van der Waals surface area contributed by atoms with Gasteiger partial charge in [0.15, 0.2) is 23.9 Å². The van der Waals surface area contributed by atoms with Gasteiger partial charge in [-0.15, -0.1) is 0 Å². The van der Waals surface area contributed by atoms with Gasteiger partial charge in [0.2, 0.25) is 10.0 Å². The molecular weight excluding hydrogens is 462 g/mol. The number of nitrogens with zero attached hydrogens (tertiary/aromatic N) is 1. The first-order chi connectivity index (χ1) is 16.4. The summed E-state index contributed by atoms with van der Waals surface area (Å²) in [5.74, 6) is 0.192. The van der Waals surface area contributed by atoms with Crippen LogP contribution in [0.25, 0.3) is 0 Å². The third-order valence-corrected chi connectivity index (χ3v) is 7.78. The third kappa shape index (κ3) is 5.34. The van der Waals surface area contributed by atoms with Crippen molar-refractivity contribution < 1.29 is 37.0 Å². The van der Waals surface area contributed by atoms with Crippen molar-refractivity contribution in [3.63, 3.8) is 0 Å². The van der Waals surface area contributed by atoms with Gasteiger partial charge in [0.1, 0.15) is 5.75 Å². The van der Waals surface area contributed by atoms with Crippen molar-refractivity contribution in [2.24, 2.45) is 5.92 Å². The van der Waals surface area contributed by atoms with E-state index in [4.69, 9.17) is 18.9 Å². The molecule has 0 bridgehead atoms. The van der Waals surface area contributed by atoms with Crippen molar-refractivity contribution in [2.75, 3.05) is 40.0 Å². The first kappa shape index (κ1) is 24.0. The van der Waals surface area contributed by atoms with Crippen molar-refractivity contribution in [3.05, 3.63) is 48.0 Å². The number of piperidine rings is 1. The van der Waals surface area contributed by atoms with Gasteiger partial charge in [0, 0.05) is 31.1 Å². The van der Waals surface area contributed by atoms with Crippen LogP contribution in [-0.4, -0.2) is 64.5 Å². The lowest BCUT2D eigenvalue weighted by Gasteiger charge is -2.30. The summed E-state index contributed by atoms with van der Waals surface area (Å²) >= 11 is 0. The molecule has 9 nitrogen and oxygen atoms in total. The monoisotopic (exact) mass is 489 g/mol. The molecule has 0 spiro atoms. The number of esters is 1. The summed E-state index contributed by atoms with van der Waals surface area (Å²) in [6.45, 7) is 0.973. The SMILES string of the molecule is COc1cccc(C(=O)COC(=O)C2CCN(S(=O)(=O)c3ccc4c(c3)OCCCO4)CC2)c1. The summed E-state index contributed by atoms with van der Waals surface area (Å²) in [5.41, 5.74) is 0.392. The van der Waals surface area contributed by atoms with Crippen molar-refractivity contribution in [2.45, 2.75) is 24.2 Å². The summed E-state index contributed by atoms with van der Waals surface area (Å²) in [5, 5.41) is 0. The second kappa shape index (κ2) is 10.4. The smallest absolute Gasteiger partial charge is 0.309 e. The Balaban J connectivity index is 1.32. The first-order valence-electron chi connectivity index (χ1n) is 11.1. The van der Waals surface area contributed by atoms with Crippen LogP contribution < -0.4 is 14.2 Å². The molecule has 0 radical (unpaired) electrons. The average Bonchev–Trinajstić information content (AvgIpc) is 3.12. The van der Waals surface area contributed by atoms with Gasteiger partial charge in [-0.1, -0.05) is 12.1 Å². The van der Waals surface area contributed by atoms with E-state index in [1.807, 2.05) is 0 Å². The molecule has 0 amide bonds. The topological polar surface area (TPSA) is 108 Å². The number of Topliss-reactive ketones (excluding diaryl/α,β-unsaturated/α-hetero) is 1. The summed E-state index contributed by atoms with van der Waals surface area (Å²) in [6.07, 6.45) is 1.36. The number of carbonyl (C=O) groups excluding carboxylic acids is 2. The molecule has 0 aliphatic carbocycles. The maximum atomic E-state index is 13.1. The van der Waals surface area contributed by atoms with Crippen molar-refractivity contribution in [1.29, 1.82) is 0 Å². The number of fused-ring (bicyclic) bond motifs is 1. The van der Waals surface area contributed by atoms with Gasteiger partial charge in [-0.3, -0.25) is 9.59 Å². The minimum Gasteiger partial charge on any atom is -0.497 e. The molecule has 34 heavy (non-hydrogen) atoms. The van der Waals surface area contributed by atoms with E-state index in [1.165, 1.54) is 23.5 Å². The predicted molar refractivity (Wildman–Crippen MR) is 122 cm³/mol. The van der Waals surface area contributed by atoms with Crippen molar-refractivity contribution in [1.82, 2.24) is 4.31 Å². The van der Waals surface area contributed by atoms with Crippen LogP contribution in [0.5, 0.6) is 17.2 Å². The number of ketones is 1. The third-order valence-electron chi connectivity index (χ3n) is 5.88. The molecule has 0 unspecified atom stereocenters. The van der Waals surface area contributed by atoms with Crippen LogP contribution in [0.3, 0.4) is 0 Å². The number of benzene rings is 2. The number of hydrogen-bond acceptors (Lipinski definition) is 8. The molecule has 4 rings (SSSR count). The lowest BCUT2D eigenvalue weighted by atomic mass is 9.98. The number of carbonyl (C=O) groups is 2. The maximum Gasteiger partial charge on any atom is 0.309 e. The van der Waals surface area contributed by atoms with Crippen LogP contribution in [0.2, 0.25) is 0 Å². The molecule has 2 aliphatic rings. The molecule has 0 N–H and O–H groups in total. The summed E-state index contributed by atoms with van der Waals surface area (Å²) in [7, 11) is -2.24. The van der Waals surface area contributed by atoms with E-state index in [9.17, 15) is 18.0 Å². The highest BCUT2D eigenvalue weighted by molar-refractivity contribution is 7.89. The van der Waals surface area contributed by atoms with Gasteiger partial charge in [-0.05, 0) is 37.1 Å². The Kier molecular flexibility index (Phi) is 7.38. The minimum atomic E-state index is -3.75. The number of ether oxygens (including phenoxy) is 4. The van der Waals surface area contributed by atoms with Gasteiger partial charge in [-0.25, -0.2) is 8.42 Å². The Bertz CT molecular complexity index is 1160. The largest absolute Gasteiger partial charge is 0.497 e. The summed E-state index contributed by atoms with van der Waals surface area (Å²) < 4.78 is 49.1. The quantitative estimate of drug-likeness (QED) is 0.432. The number of rotatable bonds is 7. The molecule has 2 aromatic carbocycles. The Hall–Kier alpha value is -3.11. The van der Waals surface area contributed by atoms with Crippen LogP contribution in [0.1, 0.15) is 29.6 Å². The second-order valence-electron chi connectivity index (χ2n) is 8.10. The van der Waals surface area contributed by atoms with Gasteiger partial charge in [0.25, 0.3) is 0 Å². The first-order valence-corrected chi connectivity index (χ1v) is 12.6. The maximum absolute atomic E-state index is 13.1. The fourth-order valence-corrected chi connectivity index (χ4v) is 5.41. The van der Waals surface area contributed by atoms with Gasteiger partial charge in [-0.2, -0.15) is 4.31 Å². The van der Waals surface area contributed by atoms with E-state index in [-0.39, 0.29) is 30.4 Å². The van der Waals surface area contributed by atoms with E-state index in [2.05, 4.69) is 0 Å². The lowest BCUT2D eigenvalue weighted by Crippen LogP contribution is -2.40. The predicted octanol–water partition coefficient (Wildman–Crippen LogP) is 2.68. The van der Waals surface area contributed by atoms with E-state index in [0.717, 1.165) is 6.42 Å². The van der Waals surface area contributed by atoms with Crippen molar-refractivity contribution >= 4 is 21.8 Å². The molecule has 2 aliphatic heterocycles. The molecule has 0 aromatic heterocycles. The van der Waals surface area contributed by atoms with Crippen LogP contribution >= 0.6 is 0 Å². The van der Waals surface area contributed by atoms with E-state index < -0.39 is 21.9 Å². The lowest BCUT2D eigenvalue weighted by molar-refractivity contribution is -0.148. The molecule has 182 valence electrons. The number of methoxy groups -OCH3 is 1. The zero-order valence-corrected chi connectivity index (χ0v) is 19.7. The fraction of sp³-hybridized carbons (Fsp3) is 0.417. The highest BCUT2D eigenvalue weighted by atomic mass is 32.2. The van der Waals surface area contributed by atoms with Crippen LogP contribution in [-0.2, 0) is 19.6 Å². The van der Waals surface area contributed by atoms with E-state index in [1.54, 1.807) is 30.3 Å². The molecule has 2 heterocycles. The standard InChI is InChI=1S/C24H27NO8S/c1-30-19-5-2-4-18(14-19)21(26)16-33-24(27)17-8-10-25(11-9-17)34(28,29)20-6-7-22-23(15-20)32-13-3-12-31-22/h2,4-7,14-15,17H,3,8-13,16H2,1H3. The molecule has 2 aromatic rings. The fourth-order valence-electron chi connectivity index (χ4n) is 3.92. The zero-order valence-electron chi connectivity index (χ0n) is 18.9. The van der Waals surface area contributed by atoms with E-state index in [0.29, 0.717) is 48.9 Å². The molecule has 0 saturated carbocycles. The minimum absolute atomic E-state index is 0.127. The van der Waals surface area contributed by atoms with Crippen molar-refractivity contribution in [3.8, 4) is 17.2 Å². The van der Waals surface area contributed by atoms with Crippen LogP contribution in [0, 0.1) is 5.92 Å². The van der Waals surface area contributed by atoms with Crippen LogP contribution in [0.15, 0.2) is 47.4 Å². The molecule has 1 saturated heterocycles. The summed E-state index contributed by atoms with van der Waals surface area (Å²) in [4.78, 5) is 24.9. The Morgan fingerprint density at radius 1 is 1.03 bits per heavy atom. The zero-order chi connectivity index (χ0) is 24.1. The molecular formula is C24H27NO8S. The van der Waals surface area contributed by atoms with Gasteiger partial charge < -0.3 is 18.9 Å². The number of hydrogen-bond donors (Lipinski definition) is 0. The average molecular weight is 490 g/mol. The van der Waals surface area contributed by atoms with Gasteiger partial charge in [0.05, 0.1) is 31.1 Å². The second-order valence-corrected chi connectivity index (χ2v) is 10.0.